The van der Waals surface area contributed by atoms with Crippen LogP contribution in [-0.2, 0) is 14.3 Å². The molecule has 1 amide bonds. The summed E-state index contributed by atoms with van der Waals surface area (Å²) in [7, 11) is 0. The number of alkyl halides is 1. The van der Waals surface area contributed by atoms with Gasteiger partial charge < -0.3 is 14.8 Å². The highest BCUT2D eigenvalue weighted by Crippen LogP contribution is 2.22. The number of hydrogen-bond acceptors (Lipinski definition) is 3. The molecule has 0 spiro atoms. The third-order valence-corrected chi connectivity index (χ3v) is 3.62. The van der Waals surface area contributed by atoms with Crippen LogP contribution in [0.15, 0.2) is 0 Å². The van der Waals surface area contributed by atoms with Gasteiger partial charge in [-0.2, -0.15) is 0 Å². The molecule has 1 aliphatic rings. The van der Waals surface area contributed by atoms with Gasteiger partial charge >= 0.3 is 0 Å². The van der Waals surface area contributed by atoms with Gasteiger partial charge in [0.15, 0.2) is 0 Å². The molecular formula is C10H18BrNO3. The Hall–Kier alpha value is -0.130. The van der Waals surface area contributed by atoms with Crippen LogP contribution >= 0.6 is 15.9 Å². The van der Waals surface area contributed by atoms with Crippen molar-refractivity contribution in [3.63, 3.8) is 0 Å². The topological polar surface area (TPSA) is 47.6 Å². The molecule has 1 heterocycles. The van der Waals surface area contributed by atoms with Crippen molar-refractivity contribution in [1.29, 1.82) is 0 Å². The van der Waals surface area contributed by atoms with Crippen molar-refractivity contribution in [3.8, 4) is 0 Å². The Balaban J connectivity index is 2.40. The highest BCUT2D eigenvalue weighted by Gasteiger charge is 2.32. The summed E-state index contributed by atoms with van der Waals surface area (Å²) in [5, 5.41) is 3.79. The molecule has 0 bridgehead atoms. The number of carbonyl (C=O) groups is 1. The van der Waals surface area contributed by atoms with Crippen LogP contribution in [0.1, 0.15) is 19.8 Å². The van der Waals surface area contributed by atoms with Crippen molar-refractivity contribution in [3.05, 3.63) is 0 Å². The Morgan fingerprint density at radius 3 is 2.73 bits per heavy atom. The molecule has 0 unspecified atom stereocenters. The summed E-state index contributed by atoms with van der Waals surface area (Å²) < 4.78 is 10.4. The molecule has 1 aliphatic heterocycles. The van der Waals surface area contributed by atoms with E-state index in [4.69, 9.17) is 9.47 Å². The minimum Gasteiger partial charge on any atom is -0.381 e. The number of nitrogens with one attached hydrogen (secondary N) is 1. The van der Waals surface area contributed by atoms with E-state index in [0.717, 1.165) is 18.2 Å². The van der Waals surface area contributed by atoms with Crippen LogP contribution in [0.4, 0.5) is 0 Å². The minimum atomic E-state index is -0.146. The second kappa shape index (κ2) is 6.45. The van der Waals surface area contributed by atoms with Gasteiger partial charge in [0.1, 0.15) is 6.61 Å². The zero-order chi connectivity index (χ0) is 11.1. The van der Waals surface area contributed by atoms with Crippen LogP contribution in [0.2, 0.25) is 0 Å². The zero-order valence-electron chi connectivity index (χ0n) is 9.05. The quantitative estimate of drug-likeness (QED) is 0.767. The number of hydrogen-bond donors (Lipinski definition) is 1. The smallest absolute Gasteiger partial charge is 0.246 e. The summed E-state index contributed by atoms with van der Waals surface area (Å²) in [6, 6.07) is 0. The first-order valence-corrected chi connectivity index (χ1v) is 6.37. The lowest BCUT2D eigenvalue weighted by Crippen LogP contribution is -2.54. The van der Waals surface area contributed by atoms with Crippen molar-refractivity contribution in [1.82, 2.24) is 5.32 Å². The van der Waals surface area contributed by atoms with Crippen LogP contribution in [0.25, 0.3) is 0 Å². The molecule has 15 heavy (non-hydrogen) atoms. The second-order valence-electron chi connectivity index (χ2n) is 3.71. The number of rotatable bonds is 5. The number of carbonyl (C=O) groups excluding carboxylic acids is 1. The Morgan fingerprint density at radius 2 is 2.20 bits per heavy atom. The molecule has 88 valence electrons. The first kappa shape index (κ1) is 12.9. The monoisotopic (exact) mass is 279 g/mol. The van der Waals surface area contributed by atoms with Gasteiger partial charge in [0.2, 0.25) is 5.91 Å². The lowest BCUT2D eigenvalue weighted by molar-refractivity contribution is -0.128. The molecule has 4 nitrogen and oxygen atoms in total. The third kappa shape index (κ3) is 4.09. The predicted octanol–water partition coefficient (Wildman–Crippen LogP) is 1.08. The van der Waals surface area contributed by atoms with E-state index in [0.29, 0.717) is 19.8 Å². The molecule has 0 aromatic heterocycles. The van der Waals surface area contributed by atoms with E-state index in [1.165, 1.54) is 0 Å². The van der Waals surface area contributed by atoms with Crippen molar-refractivity contribution >= 4 is 21.8 Å². The first-order chi connectivity index (χ1) is 7.22. The molecule has 1 fully saturated rings. The molecule has 1 rings (SSSR count). The SMILES string of the molecule is CCOCC(=O)NC1(CBr)CCOCC1. The second-order valence-corrected chi connectivity index (χ2v) is 4.27. The van der Waals surface area contributed by atoms with Crippen LogP contribution in [0.3, 0.4) is 0 Å². The van der Waals surface area contributed by atoms with Gasteiger partial charge in [-0.25, -0.2) is 0 Å². The van der Waals surface area contributed by atoms with E-state index in [9.17, 15) is 4.79 Å². The van der Waals surface area contributed by atoms with Crippen LogP contribution < -0.4 is 5.32 Å². The van der Waals surface area contributed by atoms with Gasteiger partial charge in [-0.05, 0) is 19.8 Å². The lowest BCUT2D eigenvalue weighted by Gasteiger charge is -2.36. The summed E-state index contributed by atoms with van der Waals surface area (Å²) in [5.74, 6) is -0.0433. The third-order valence-electron chi connectivity index (χ3n) is 2.55. The zero-order valence-corrected chi connectivity index (χ0v) is 10.6. The van der Waals surface area contributed by atoms with Crippen molar-refractivity contribution in [2.45, 2.75) is 25.3 Å². The average Bonchev–Trinajstić information content (AvgIpc) is 2.27. The maximum absolute atomic E-state index is 11.5. The maximum Gasteiger partial charge on any atom is 0.246 e. The van der Waals surface area contributed by atoms with Crippen molar-refractivity contribution in [2.24, 2.45) is 0 Å². The first-order valence-electron chi connectivity index (χ1n) is 5.25. The molecule has 5 heteroatoms. The van der Waals surface area contributed by atoms with E-state index >= 15 is 0 Å². The molecule has 0 aliphatic carbocycles. The van der Waals surface area contributed by atoms with Gasteiger partial charge in [0, 0.05) is 25.2 Å². The van der Waals surface area contributed by atoms with E-state index in [1.807, 2.05) is 6.92 Å². The van der Waals surface area contributed by atoms with Gasteiger partial charge in [-0.3, -0.25) is 4.79 Å². The molecule has 0 atom stereocenters. The highest BCUT2D eigenvalue weighted by molar-refractivity contribution is 9.09. The lowest BCUT2D eigenvalue weighted by atomic mass is 9.92. The van der Waals surface area contributed by atoms with E-state index in [-0.39, 0.29) is 18.1 Å². The average molecular weight is 280 g/mol. The number of amides is 1. The van der Waals surface area contributed by atoms with Gasteiger partial charge in [0.05, 0.1) is 5.54 Å². The normalized spacial score (nSPS) is 19.9. The highest BCUT2D eigenvalue weighted by atomic mass is 79.9. The van der Waals surface area contributed by atoms with Crippen molar-refractivity contribution in [2.75, 3.05) is 31.8 Å². The Kier molecular flexibility index (Phi) is 5.56. The largest absolute Gasteiger partial charge is 0.381 e. The summed E-state index contributed by atoms with van der Waals surface area (Å²) in [5.41, 5.74) is -0.146. The van der Waals surface area contributed by atoms with Gasteiger partial charge in [-0.15, -0.1) is 0 Å². The van der Waals surface area contributed by atoms with Crippen LogP contribution in [-0.4, -0.2) is 43.2 Å². The molecule has 0 aromatic rings. The van der Waals surface area contributed by atoms with Crippen LogP contribution in [0, 0.1) is 0 Å². The molecule has 0 saturated carbocycles. The Bertz CT molecular complexity index is 205. The van der Waals surface area contributed by atoms with Gasteiger partial charge in [-0.1, -0.05) is 15.9 Å². The fourth-order valence-electron chi connectivity index (χ4n) is 1.58. The van der Waals surface area contributed by atoms with E-state index < -0.39 is 0 Å². The Morgan fingerprint density at radius 1 is 1.53 bits per heavy atom. The van der Waals surface area contributed by atoms with Gasteiger partial charge in [0.25, 0.3) is 0 Å². The maximum atomic E-state index is 11.5. The number of halogens is 1. The summed E-state index contributed by atoms with van der Waals surface area (Å²) in [6.45, 7) is 4.01. The molecule has 0 radical (unpaired) electrons. The standard InChI is InChI=1S/C10H18BrNO3/c1-2-14-7-9(13)12-10(8-11)3-5-15-6-4-10/h2-8H2,1H3,(H,12,13). The van der Waals surface area contributed by atoms with E-state index in [2.05, 4.69) is 21.2 Å². The Labute approximate surface area is 98.8 Å². The van der Waals surface area contributed by atoms with E-state index in [1.54, 1.807) is 0 Å². The summed E-state index contributed by atoms with van der Waals surface area (Å²) >= 11 is 3.45. The number of ether oxygens (including phenoxy) is 2. The summed E-state index contributed by atoms with van der Waals surface area (Å²) in [4.78, 5) is 11.5. The summed E-state index contributed by atoms with van der Waals surface area (Å²) in [6.07, 6.45) is 1.71. The minimum absolute atomic E-state index is 0.0433. The molecular weight excluding hydrogens is 262 g/mol. The van der Waals surface area contributed by atoms with Crippen molar-refractivity contribution < 1.29 is 14.3 Å². The predicted molar refractivity (Wildman–Crippen MR) is 61.2 cm³/mol. The fraction of sp³-hybridized carbons (Fsp3) is 0.900. The fourth-order valence-corrected chi connectivity index (χ4v) is 2.28. The molecule has 0 aromatic carbocycles. The van der Waals surface area contributed by atoms with Crippen LogP contribution in [0.5, 0.6) is 0 Å². The molecule has 1 N–H and O–H groups in total. The molecule has 1 saturated heterocycles.